The number of nitrogens with one attached hydrogen (secondary N) is 1. The molecule has 0 spiro atoms. The average molecular weight is 348 g/mol. The maximum Gasteiger partial charge on any atom is 0.263 e. The molecule has 3 heterocycles. The Morgan fingerprint density at radius 1 is 1.35 bits per heavy atom. The Kier molecular flexibility index (Phi) is 3.41. The van der Waals surface area contributed by atoms with Crippen molar-refractivity contribution < 1.29 is 9.53 Å². The zero-order valence-corrected chi connectivity index (χ0v) is 13.9. The lowest BCUT2D eigenvalue weighted by atomic mass is 9.88. The first-order valence-electron chi connectivity index (χ1n) is 7.17. The number of aromatic nitrogens is 2. The highest BCUT2D eigenvalue weighted by Gasteiger charge is 2.42. The second kappa shape index (κ2) is 5.33. The largest absolute Gasteiger partial charge is 0.376 e. The maximum absolute atomic E-state index is 12.6. The van der Waals surface area contributed by atoms with E-state index >= 15 is 0 Å². The lowest BCUT2D eigenvalue weighted by molar-refractivity contribution is -0.0733. The summed E-state index contributed by atoms with van der Waals surface area (Å²) in [5.74, 6) is -0.114. The van der Waals surface area contributed by atoms with Crippen LogP contribution in [0.4, 0.5) is 0 Å². The minimum atomic E-state index is -0.482. The third-order valence-corrected chi connectivity index (χ3v) is 5.19. The van der Waals surface area contributed by atoms with E-state index in [0.717, 1.165) is 16.2 Å². The number of fused-ring (bicyclic) bond motifs is 1. The van der Waals surface area contributed by atoms with Crippen molar-refractivity contribution in [3.05, 3.63) is 57.8 Å². The number of ether oxygens (including phenoxy) is 1. The van der Waals surface area contributed by atoms with Gasteiger partial charge < -0.3 is 10.1 Å². The molecule has 1 aliphatic rings. The molecule has 0 atom stereocenters. The van der Waals surface area contributed by atoms with Crippen LogP contribution in [0.25, 0.3) is 4.96 Å². The first kappa shape index (κ1) is 14.7. The molecule has 1 fully saturated rings. The monoisotopic (exact) mass is 347 g/mol. The molecule has 118 valence electrons. The number of carbonyl (C=O) groups is 1. The van der Waals surface area contributed by atoms with Gasteiger partial charge in [-0.1, -0.05) is 35.1 Å². The summed E-state index contributed by atoms with van der Waals surface area (Å²) in [5, 5.41) is 3.78. The van der Waals surface area contributed by atoms with Gasteiger partial charge in [0.1, 0.15) is 10.4 Å². The third kappa shape index (κ3) is 2.52. The summed E-state index contributed by atoms with van der Waals surface area (Å²) in [6.07, 6.45) is 3.72. The van der Waals surface area contributed by atoms with Crippen LogP contribution in [0, 0.1) is 6.92 Å². The second-order valence-corrected chi connectivity index (χ2v) is 7.15. The Balaban J connectivity index is 1.60. The number of nitrogens with zero attached hydrogens (tertiary/aromatic N) is 2. The summed E-state index contributed by atoms with van der Waals surface area (Å²) in [5.41, 5.74) is 1.45. The van der Waals surface area contributed by atoms with E-state index in [-0.39, 0.29) is 5.91 Å². The molecule has 1 aromatic carbocycles. The molecular weight excluding hydrogens is 334 g/mol. The summed E-state index contributed by atoms with van der Waals surface area (Å²) >= 11 is 7.32. The Labute approximate surface area is 141 Å². The summed E-state index contributed by atoms with van der Waals surface area (Å²) in [7, 11) is 0. The number of hydrogen-bond acceptors (Lipinski definition) is 4. The van der Waals surface area contributed by atoms with E-state index in [4.69, 9.17) is 16.3 Å². The molecule has 1 saturated heterocycles. The van der Waals surface area contributed by atoms with Gasteiger partial charge in [-0.15, -0.1) is 0 Å². The van der Waals surface area contributed by atoms with Crippen LogP contribution in [0.15, 0.2) is 36.7 Å². The normalized spacial score (nSPS) is 16.3. The SMILES string of the molecule is Cc1cn2cc(C(=O)NC3(c4ccc(Cl)cc4)COC3)sc2n1. The number of thiazole rings is 1. The van der Waals surface area contributed by atoms with Crippen LogP contribution < -0.4 is 5.32 Å². The Morgan fingerprint density at radius 2 is 2.09 bits per heavy atom. The van der Waals surface area contributed by atoms with Crippen LogP contribution >= 0.6 is 22.9 Å². The van der Waals surface area contributed by atoms with Gasteiger partial charge in [0.05, 0.1) is 18.9 Å². The number of carbonyl (C=O) groups excluding carboxylic acids is 1. The van der Waals surface area contributed by atoms with Crippen molar-refractivity contribution in [2.45, 2.75) is 12.5 Å². The first-order valence-corrected chi connectivity index (χ1v) is 8.37. The Morgan fingerprint density at radius 3 is 2.70 bits per heavy atom. The summed E-state index contributed by atoms with van der Waals surface area (Å²) < 4.78 is 7.23. The van der Waals surface area contributed by atoms with Gasteiger partial charge in [-0.2, -0.15) is 0 Å². The molecule has 0 bridgehead atoms. The van der Waals surface area contributed by atoms with E-state index in [1.807, 2.05) is 48.0 Å². The van der Waals surface area contributed by atoms with Gasteiger partial charge in [0.2, 0.25) is 0 Å². The minimum absolute atomic E-state index is 0.114. The average Bonchev–Trinajstić information content (AvgIpc) is 3.01. The van der Waals surface area contributed by atoms with Gasteiger partial charge in [0.15, 0.2) is 4.96 Å². The molecule has 3 aromatic rings. The van der Waals surface area contributed by atoms with Crippen molar-refractivity contribution in [3.63, 3.8) is 0 Å². The number of rotatable bonds is 3. The number of imidazole rings is 1. The Bertz CT molecular complexity index is 849. The molecule has 1 N–H and O–H groups in total. The summed E-state index contributed by atoms with van der Waals surface area (Å²) in [4.78, 5) is 18.4. The van der Waals surface area contributed by atoms with Crippen LogP contribution in [-0.4, -0.2) is 28.5 Å². The number of hydrogen-bond donors (Lipinski definition) is 1. The zero-order valence-electron chi connectivity index (χ0n) is 12.4. The standard InChI is InChI=1S/C16H14ClN3O2S/c1-10-6-20-7-13(23-15(20)18-10)14(21)19-16(8-22-9-16)11-2-4-12(17)5-3-11/h2-7H,8-9H2,1H3,(H,19,21). The maximum atomic E-state index is 12.6. The van der Waals surface area contributed by atoms with Crippen LogP contribution in [0.5, 0.6) is 0 Å². The van der Waals surface area contributed by atoms with Gasteiger partial charge in [0, 0.05) is 17.4 Å². The molecule has 5 nitrogen and oxygen atoms in total. The van der Waals surface area contributed by atoms with E-state index in [2.05, 4.69) is 10.3 Å². The molecule has 0 radical (unpaired) electrons. The fourth-order valence-corrected chi connectivity index (χ4v) is 3.72. The van der Waals surface area contributed by atoms with Crippen LogP contribution in [0.1, 0.15) is 20.9 Å². The van der Waals surface area contributed by atoms with Crippen LogP contribution in [-0.2, 0) is 10.3 Å². The van der Waals surface area contributed by atoms with Crippen LogP contribution in [0.2, 0.25) is 5.02 Å². The lowest BCUT2D eigenvalue weighted by Crippen LogP contribution is -2.59. The summed E-state index contributed by atoms with van der Waals surface area (Å²) in [6, 6.07) is 7.50. The predicted octanol–water partition coefficient (Wildman–Crippen LogP) is 3.01. The molecule has 2 aromatic heterocycles. The molecule has 4 rings (SSSR count). The highest BCUT2D eigenvalue weighted by atomic mass is 35.5. The molecule has 23 heavy (non-hydrogen) atoms. The van der Waals surface area contributed by atoms with E-state index in [1.54, 1.807) is 0 Å². The third-order valence-electron chi connectivity index (χ3n) is 3.95. The number of halogens is 1. The second-order valence-electron chi connectivity index (χ2n) is 5.70. The van der Waals surface area contributed by atoms with E-state index < -0.39 is 5.54 Å². The van der Waals surface area contributed by atoms with E-state index in [9.17, 15) is 4.79 Å². The van der Waals surface area contributed by atoms with Crippen molar-refractivity contribution in [3.8, 4) is 0 Å². The number of amides is 1. The van der Waals surface area contributed by atoms with Crippen molar-refractivity contribution in [1.82, 2.24) is 14.7 Å². The van der Waals surface area contributed by atoms with E-state index in [1.165, 1.54) is 11.3 Å². The molecule has 0 saturated carbocycles. The number of benzene rings is 1. The lowest BCUT2D eigenvalue weighted by Gasteiger charge is -2.42. The van der Waals surface area contributed by atoms with Crippen molar-refractivity contribution >= 4 is 33.8 Å². The molecule has 0 aliphatic carbocycles. The van der Waals surface area contributed by atoms with Crippen LogP contribution in [0.3, 0.4) is 0 Å². The van der Waals surface area contributed by atoms with Gasteiger partial charge in [-0.3, -0.25) is 9.20 Å². The zero-order chi connectivity index (χ0) is 16.0. The highest BCUT2D eigenvalue weighted by molar-refractivity contribution is 7.18. The van der Waals surface area contributed by atoms with Gasteiger partial charge >= 0.3 is 0 Å². The number of aryl methyl sites for hydroxylation is 1. The van der Waals surface area contributed by atoms with Gasteiger partial charge in [-0.25, -0.2) is 4.98 Å². The summed E-state index contributed by atoms with van der Waals surface area (Å²) in [6.45, 7) is 2.85. The fraction of sp³-hybridized carbons (Fsp3) is 0.250. The molecule has 1 aliphatic heterocycles. The van der Waals surface area contributed by atoms with Gasteiger partial charge in [-0.05, 0) is 24.6 Å². The molecule has 7 heteroatoms. The van der Waals surface area contributed by atoms with Crippen molar-refractivity contribution in [2.75, 3.05) is 13.2 Å². The molecule has 0 unspecified atom stereocenters. The van der Waals surface area contributed by atoms with Gasteiger partial charge in [0.25, 0.3) is 5.91 Å². The first-order chi connectivity index (χ1) is 11.1. The highest BCUT2D eigenvalue weighted by Crippen LogP contribution is 2.31. The van der Waals surface area contributed by atoms with E-state index in [0.29, 0.717) is 23.1 Å². The topological polar surface area (TPSA) is 55.6 Å². The molecule has 1 amide bonds. The molecular formula is C16H14ClN3O2S. The Hall–Kier alpha value is -1.89. The predicted molar refractivity (Wildman–Crippen MR) is 89.2 cm³/mol. The minimum Gasteiger partial charge on any atom is -0.376 e. The van der Waals surface area contributed by atoms with Crippen molar-refractivity contribution in [2.24, 2.45) is 0 Å². The smallest absolute Gasteiger partial charge is 0.263 e. The fourth-order valence-electron chi connectivity index (χ4n) is 2.68. The van der Waals surface area contributed by atoms with Crippen molar-refractivity contribution in [1.29, 1.82) is 0 Å². The quantitative estimate of drug-likeness (QED) is 0.792.